The third-order valence-corrected chi connectivity index (χ3v) is 5.72. The summed E-state index contributed by atoms with van der Waals surface area (Å²) in [6.45, 7) is 9.46. The Kier molecular flexibility index (Phi) is 9.49. The number of nitrogens with two attached hydrogens (primary N) is 1. The molecular formula is C23H36ClN3O. The highest BCUT2D eigenvalue weighted by Gasteiger charge is 2.17. The van der Waals surface area contributed by atoms with Crippen molar-refractivity contribution in [2.75, 3.05) is 31.5 Å². The summed E-state index contributed by atoms with van der Waals surface area (Å²) in [6, 6.07) is 4.13. The zero-order valence-electron chi connectivity index (χ0n) is 17.6. The highest BCUT2D eigenvalue weighted by molar-refractivity contribution is 6.33. The van der Waals surface area contributed by atoms with E-state index in [1.54, 1.807) is 0 Å². The van der Waals surface area contributed by atoms with Gasteiger partial charge in [0, 0.05) is 31.3 Å². The second kappa shape index (κ2) is 11.6. The van der Waals surface area contributed by atoms with Crippen LogP contribution in [-0.2, 0) is 17.6 Å². The highest BCUT2D eigenvalue weighted by Crippen LogP contribution is 2.31. The summed E-state index contributed by atoms with van der Waals surface area (Å²) < 4.78 is 0. The lowest BCUT2D eigenvalue weighted by molar-refractivity contribution is -0.122. The van der Waals surface area contributed by atoms with Crippen LogP contribution in [0.1, 0.15) is 44.7 Å². The molecule has 28 heavy (non-hydrogen) atoms. The van der Waals surface area contributed by atoms with Gasteiger partial charge in [-0.3, -0.25) is 4.79 Å². The van der Waals surface area contributed by atoms with Gasteiger partial charge in [-0.2, -0.15) is 0 Å². The van der Waals surface area contributed by atoms with Crippen molar-refractivity contribution in [2.24, 2.45) is 23.5 Å². The van der Waals surface area contributed by atoms with Crippen molar-refractivity contribution in [1.29, 1.82) is 0 Å². The first-order valence-electron chi connectivity index (χ1n) is 10.6. The van der Waals surface area contributed by atoms with Crippen LogP contribution in [0.4, 0.5) is 5.69 Å². The molecule has 2 atom stereocenters. The molecule has 4 N–H and O–H groups in total. The van der Waals surface area contributed by atoms with Crippen molar-refractivity contribution < 1.29 is 4.79 Å². The Hall–Kier alpha value is -1.36. The maximum Gasteiger partial charge on any atom is 0.139 e. The zero-order chi connectivity index (χ0) is 20.5. The van der Waals surface area contributed by atoms with E-state index in [1.165, 1.54) is 11.1 Å². The van der Waals surface area contributed by atoms with E-state index >= 15 is 0 Å². The number of carbonyl (C=O) groups excluding carboxylic acids is 1. The average Bonchev–Trinajstić information content (AvgIpc) is 2.90. The molecule has 5 heteroatoms. The Bertz CT molecular complexity index is 672. The van der Waals surface area contributed by atoms with Crippen LogP contribution < -0.4 is 16.4 Å². The number of hydrogen-bond acceptors (Lipinski definition) is 4. The Morgan fingerprint density at radius 1 is 1.29 bits per heavy atom. The first kappa shape index (κ1) is 22.9. The molecule has 0 fully saturated rings. The fraction of sp³-hybridized carbons (Fsp3) is 0.609. The summed E-state index contributed by atoms with van der Waals surface area (Å²) in [7, 11) is 0. The highest BCUT2D eigenvalue weighted by atomic mass is 35.5. The third kappa shape index (κ3) is 6.61. The normalized spacial score (nSPS) is 16.6. The quantitative estimate of drug-likeness (QED) is 0.510. The van der Waals surface area contributed by atoms with E-state index in [4.69, 9.17) is 17.3 Å². The summed E-state index contributed by atoms with van der Waals surface area (Å²) in [6.07, 6.45) is 7.63. The molecule has 1 aromatic rings. The number of allylic oxidation sites excluding steroid dienone is 1. The molecule has 0 spiro atoms. The predicted octanol–water partition coefficient (Wildman–Crippen LogP) is 4.21. The maximum absolute atomic E-state index is 12.4. The number of rotatable bonds is 10. The monoisotopic (exact) mass is 405 g/mol. The first-order valence-corrected chi connectivity index (χ1v) is 11.0. The van der Waals surface area contributed by atoms with Crippen molar-refractivity contribution in [1.82, 2.24) is 5.32 Å². The number of hydrogen-bond donors (Lipinski definition) is 3. The number of anilines is 1. The fourth-order valence-electron chi connectivity index (χ4n) is 3.71. The molecular weight excluding hydrogens is 370 g/mol. The molecule has 2 rings (SSSR count). The lowest BCUT2D eigenvalue weighted by Gasteiger charge is -2.19. The van der Waals surface area contributed by atoms with Gasteiger partial charge in [-0.05, 0) is 55.5 Å². The molecule has 1 aromatic carbocycles. The number of fused-ring (bicyclic) bond motifs is 1. The molecule has 1 aliphatic rings. The van der Waals surface area contributed by atoms with Crippen LogP contribution in [0.25, 0.3) is 0 Å². The average molecular weight is 406 g/mol. The van der Waals surface area contributed by atoms with Crippen LogP contribution in [-0.4, -0.2) is 32.0 Å². The number of benzene rings is 1. The fourth-order valence-corrected chi connectivity index (χ4v) is 3.96. The summed E-state index contributed by atoms with van der Waals surface area (Å²) in [5.74, 6) is 0.865. The molecule has 0 radical (unpaired) electrons. The summed E-state index contributed by atoms with van der Waals surface area (Å²) in [4.78, 5) is 12.4. The van der Waals surface area contributed by atoms with E-state index < -0.39 is 0 Å². The first-order chi connectivity index (χ1) is 13.5. The number of halogens is 1. The lowest BCUT2D eigenvalue weighted by Crippen LogP contribution is -2.23. The topological polar surface area (TPSA) is 67.2 Å². The van der Waals surface area contributed by atoms with Crippen LogP contribution in [0.5, 0.6) is 0 Å². The summed E-state index contributed by atoms with van der Waals surface area (Å²) in [5, 5.41) is 7.76. The van der Waals surface area contributed by atoms with Gasteiger partial charge in [0.25, 0.3) is 0 Å². The Labute approximate surface area is 175 Å². The minimum Gasteiger partial charge on any atom is -0.383 e. The van der Waals surface area contributed by atoms with Crippen molar-refractivity contribution in [2.45, 2.75) is 46.5 Å². The molecule has 0 bridgehead atoms. The SMILES string of the molecule is CCC(/C=C\C(CN)CNc1c(Cl)ccc2c1CCNCC2)C(=O)CC(C)C. The predicted molar refractivity (Wildman–Crippen MR) is 120 cm³/mol. The number of carbonyl (C=O) groups is 1. The molecule has 0 saturated carbocycles. The largest absolute Gasteiger partial charge is 0.383 e. The molecule has 2 unspecified atom stereocenters. The molecule has 1 aliphatic heterocycles. The van der Waals surface area contributed by atoms with Crippen LogP contribution in [0, 0.1) is 17.8 Å². The number of Topliss-reactive ketones (excluding diaryl/α,β-unsaturated/α-hetero) is 1. The molecule has 0 saturated heterocycles. The van der Waals surface area contributed by atoms with Gasteiger partial charge < -0.3 is 16.4 Å². The van der Waals surface area contributed by atoms with Crippen LogP contribution in [0.3, 0.4) is 0 Å². The van der Waals surface area contributed by atoms with E-state index in [9.17, 15) is 4.79 Å². The minimum atomic E-state index is -0.0147. The van der Waals surface area contributed by atoms with E-state index in [2.05, 4.69) is 49.6 Å². The Morgan fingerprint density at radius 3 is 2.71 bits per heavy atom. The van der Waals surface area contributed by atoms with Crippen molar-refractivity contribution in [3.63, 3.8) is 0 Å². The summed E-state index contributed by atoms with van der Waals surface area (Å²) in [5.41, 5.74) is 9.72. The van der Waals surface area contributed by atoms with E-state index in [0.29, 0.717) is 31.2 Å². The Balaban J connectivity index is 2.05. The molecule has 0 aliphatic carbocycles. The van der Waals surface area contributed by atoms with Gasteiger partial charge in [-0.15, -0.1) is 0 Å². The number of nitrogens with one attached hydrogen (secondary N) is 2. The van der Waals surface area contributed by atoms with Crippen LogP contribution in [0.15, 0.2) is 24.3 Å². The van der Waals surface area contributed by atoms with Crippen molar-refractivity contribution >= 4 is 23.1 Å². The number of ketones is 1. The second-order valence-electron chi connectivity index (χ2n) is 8.15. The minimum absolute atomic E-state index is 0.0147. The maximum atomic E-state index is 12.4. The molecule has 1 heterocycles. The van der Waals surface area contributed by atoms with Gasteiger partial charge >= 0.3 is 0 Å². The molecule has 0 amide bonds. The van der Waals surface area contributed by atoms with E-state index in [-0.39, 0.29) is 11.8 Å². The standard InChI is InChI=1S/C23H36ClN3O/c1-4-18(22(28)13-16(2)3)6-5-17(14-25)15-27-23-20-10-12-26-11-9-19(20)7-8-21(23)24/h5-8,16-18,26-27H,4,9-15,25H2,1-3H3/b6-5-. The third-order valence-electron chi connectivity index (χ3n) is 5.40. The van der Waals surface area contributed by atoms with E-state index in [1.807, 2.05) is 6.07 Å². The van der Waals surface area contributed by atoms with Gasteiger partial charge in [0.2, 0.25) is 0 Å². The second-order valence-corrected chi connectivity index (χ2v) is 8.56. The van der Waals surface area contributed by atoms with Gasteiger partial charge in [-0.1, -0.05) is 50.6 Å². The van der Waals surface area contributed by atoms with Gasteiger partial charge in [0.1, 0.15) is 5.78 Å². The molecule has 4 nitrogen and oxygen atoms in total. The molecule has 156 valence electrons. The van der Waals surface area contributed by atoms with Crippen molar-refractivity contribution in [3.8, 4) is 0 Å². The van der Waals surface area contributed by atoms with Gasteiger partial charge in [0.15, 0.2) is 0 Å². The van der Waals surface area contributed by atoms with Crippen molar-refractivity contribution in [3.05, 3.63) is 40.4 Å². The van der Waals surface area contributed by atoms with Crippen LogP contribution >= 0.6 is 11.6 Å². The molecule has 0 aromatic heterocycles. The Morgan fingerprint density at radius 2 is 2.04 bits per heavy atom. The lowest BCUT2D eigenvalue weighted by atomic mass is 9.92. The van der Waals surface area contributed by atoms with Gasteiger partial charge in [-0.25, -0.2) is 0 Å². The van der Waals surface area contributed by atoms with E-state index in [0.717, 1.165) is 43.1 Å². The van der Waals surface area contributed by atoms with Crippen LogP contribution in [0.2, 0.25) is 5.02 Å². The smallest absolute Gasteiger partial charge is 0.139 e. The zero-order valence-corrected chi connectivity index (χ0v) is 18.3. The van der Waals surface area contributed by atoms with Gasteiger partial charge in [0.05, 0.1) is 10.7 Å². The summed E-state index contributed by atoms with van der Waals surface area (Å²) >= 11 is 6.50.